The zero-order chi connectivity index (χ0) is 19.6. The minimum absolute atomic E-state index is 0.0438. The van der Waals surface area contributed by atoms with Gasteiger partial charge in [-0.1, -0.05) is 42.0 Å². The lowest BCUT2D eigenvalue weighted by atomic mass is 9.97. The number of rotatable bonds is 4. The lowest BCUT2D eigenvalue weighted by Gasteiger charge is -2.24. The van der Waals surface area contributed by atoms with Gasteiger partial charge < -0.3 is 4.90 Å². The van der Waals surface area contributed by atoms with Gasteiger partial charge in [0.15, 0.2) is 0 Å². The topological polar surface area (TPSA) is 53.0 Å². The highest BCUT2D eigenvalue weighted by molar-refractivity contribution is 6.03. The largest absolute Gasteiger partial charge is 0.337 e. The van der Waals surface area contributed by atoms with Crippen molar-refractivity contribution >= 4 is 17.5 Å². The molecule has 1 aliphatic rings. The molecule has 2 aromatic rings. The summed E-state index contributed by atoms with van der Waals surface area (Å²) in [6.07, 6.45) is 0.532. The van der Waals surface area contributed by atoms with Gasteiger partial charge in [-0.2, -0.15) is 5.10 Å². The van der Waals surface area contributed by atoms with Crippen LogP contribution in [0.5, 0.6) is 0 Å². The van der Waals surface area contributed by atoms with Crippen LogP contribution in [0, 0.1) is 12.7 Å². The maximum absolute atomic E-state index is 13.2. The van der Waals surface area contributed by atoms with Crippen molar-refractivity contribution in [1.82, 2.24) is 9.91 Å². The zero-order valence-electron chi connectivity index (χ0n) is 15.6. The Bertz CT molecular complexity index is 875. The van der Waals surface area contributed by atoms with Gasteiger partial charge in [0.25, 0.3) is 5.91 Å². The van der Waals surface area contributed by atoms with Crippen molar-refractivity contribution in [2.75, 3.05) is 13.6 Å². The first-order valence-electron chi connectivity index (χ1n) is 8.79. The quantitative estimate of drug-likeness (QED) is 0.833. The molecule has 0 saturated carbocycles. The SMILES string of the molecule is CC(=O)N(C)CC(=O)N1N=C(c2ccc(F)cc2)CC1c1ccc(C)cc1. The van der Waals surface area contributed by atoms with E-state index in [2.05, 4.69) is 5.10 Å². The molecule has 6 heteroatoms. The summed E-state index contributed by atoms with van der Waals surface area (Å²) < 4.78 is 13.2. The molecule has 0 fully saturated rings. The first-order valence-corrected chi connectivity index (χ1v) is 8.79. The van der Waals surface area contributed by atoms with Crippen LogP contribution in [0.25, 0.3) is 0 Å². The van der Waals surface area contributed by atoms with Gasteiger partial charge in [-0.05, 0) is 30.2 Å². The average Bonchev–Trinajstić information content (AvgIpc) is 3.08. The van der Waals surface area contributed by atoms with Crippen molar-refractivity contribution in [3.8, 4) is 0 Å². The molecule has 2 amide bonds. The summed E-state index contributed by atoms with van der Waals surface area (Å²) >= 11 is 0. The highest BCUT2D eigenvalue weighted by atomic mass is 19.1. The maximum Gasteiger partial charge on any atom is 0.262 e. The van der Waals surface area contributed by atoms with Gasteiger partial charge in [-0.15, -0.1) is 0 Å². The van der Waals surface area contributed by atoms with E-state index >= 15 is 0 Å². The van der Waals surface area contributed by atoms with Crippen LogP contribution < -0.4 is 0 Å². The van der Waals surface area contributed by atoms with E-state index in [9.17, 15) is 14.0 Å². The summed E-state index contributed by atoms with van der Waals surface area (Å²) in [7, 11) is 1.59. The third-order valence-corrected chi connectivity index (χ3v) is 4.72. The van der Waals surface area contributed by atoms with E-state index in [1.807, 2.05) is 31.2 Å². The van der Waals surface area contributed by atoms with E-state index in [-0.39, 0.29) is 30.2 Å². The van der Waals surface area contributed by atoms with Crippen LogP contribution in [-0.4, -0.2) is 41.0 Å². The van der Waals surface area contributed by atoms with E-state index in [4.69, 9.17) is 0 Å². The van der Waals surface area contributed by atoms with Gasteiger partial charge >= 0.3 is 0 Å². The predicted octanol–water partition coefficient (Wildman–Crippen LogP) is 3.29. The molecular weight excluding hydrogens is 345 g/mol. The monoisotopic (exact) mass is 367 g/mol. The molecule has 0 saturated heterocycles. The van der Waals surface area contributed by atoms with Gasteiger partial charge in [0.05, 0.1) is 11.8 Å². The minimum atomic E-state index is -0.316. The fraction of sp³-hybridized carbons (Fsp3) is 0.286. The first-order chi connectivity index (χ1) is 12.8. The van der Waals surface area contributed by atoms with Gasteiger partial charge in [0.1, 0.15) is 12.4 Å². The van der Waals surface area contributed by atoms with Crippen LogP contribution in [0.3, 0.4) is 0 Å². The molecule has 1 unspecified atom stereocenters. The lowest BCUT2D eigenvalue weighted by Crippen LogP contribution is -2.38. The van der Waals surface area contributed by atoms with Crippen molar-refractivity contribution in [3.05, 3.63) is 71.0 Å². The van der Waals surface area contributed by atoms with Gasteiger partial charge in [0, 0.05) is 20.4 Å². The average molecular weight is 367 g/mol. The van der Waals surface area contributed by atoms with Crippen LogP contribution in [0.4, 0.5) is 4.39 Å². The third-order valence-electron chi connectivity index (χ3n) is 4.72. The van der Waals surface area contributed by atoms with E-state index < -0.39 is 0 Å². The number of benzene rings is 2. The van der Waals surface area contributed by atoms with Crippen LogP contribution in [0.15, 0.2) is 53.6 Å². The molecule has 1 atom stereocenters. The zero-order valence-corrected chi connectivity index (χ0v) is 15.6. The summed E-state index contributed by atoms with van der Waals surface area (Å²) in [5.41, 5.74) is 3.61. The van der Waals surface area contributed by atoms with Crippen LogP contribution in [0.1, 0.15) is 36.1 Å². The Hall–Kier alpha value is -3.02. The molecule has 0 spiro atoms. The van der Waals surface area contributed by atoms with E-state index in [0.29, 0.717) is 6.42 Å². The molecule has 2 aromatic carbocycles. The number of hydrazone groups is 1. The molecule has 0 aliphatic carbocycles. The molecule has 0 radical (unpaired) electrons. The number of hydrogen-bond acceptors (Lipinski definition) is 3. The van der Waals surface area contributed by atoms with Gasteiger partial charge in [-0.3, -0.25) is 9.59 Å². The maximum atomic E-state index is 13.2. The van der Waals surface area contributed by atoms with Crippen molar-refractivity contribution in [2.24, 2.45) is 5.10 Å². The number of carbonyl (C=O) groups is 2. The standard InChI is InChI=1S/C21H22FN3O2/c1-14-4-6-17(7-5-14)20-12-19(16-8-10-18(22)11-9-16)23-25(20)21(27)13-24(3)15(2)26/h4-11,20H,12-13H2,1-3H3. The number of nitrogens with zero attached hydrogens (tertiary/aromatic N) is 3. The molecule has 0 N–H and O–H groups in total. The van der Waals surface area contributed by atoms with E-state index in [1.165, 1.54) is 29.0 Å². The second-order valence-electron chi connectivity index (χ2n) is 6.80. The Morgan fingerprint density at radius 2 is 1.78 bits per heavy atom. The molecule has 0 aromatic heterocycles. The summed E-state index contributed by atoms with van der Waals surface area (Å²) in [6, 6.07) is 13.8. The predicted molar refractivity (Wildman–Crippen MR) is 102 cm³/mol. The Morgan fingerprint density at radius 3 is 2.37 bits per heavy atom. The van der Waals surface area contributed by atoms with Crippen molar-refractivity contribution < 1.29 is 14.0 Å². The Balaban J connectivity index is 1.91. The smallest absolute Gasteiger partial charge is 0.262 e. The first kappa shape index (κ1) is 18.8. The number of likely N-dealkylation sites (N-methyl/N-ethyl adjacent to an activating group) is 1. The second-order valence-corrected chi connectivity index (χ2v) is 6.80. The number of amides is 2. The van der Waals surface area contributed by atoms with E-state index in [0.717, 1.165) is 22.4 Å². The molecular formula is C21H22FN3O2. The highest BCUT2D eigenvalue weighted by Crippen LogP contribution is 2.33. The fourth-order valence-corrected chi connectivity index (χ4v) is 2.99. The summed E-state index contributed by atoms with van der Waals surface area (Å²) in [6.45, 7) is 3.38. The molecule has 1 aliphatic heterocycles. The number of carbonyl (C=O) groups excluding carboxylic acids is 2. The molecule has 5 nitrogen and oxygen atoms in total. The molecule has 1 heterocycles. The van der Waals surface area contributed by atoms with Crippen molar-refractivity contribution in [3.63, 3.8) is 0 Å². The minimum Gasteiger partial charge on any atom is -0.337 e. The second kappa shape index (κ2) is 7.70. The highest BCUT2D eigenvalue weighted by Gasteiger charge is 2.33. The van der Waals surface area contributed by atoms with Crippen molar-refractivity contribution in [1.29, 1.82) is 0 Å². The van der Waals surface area contributed by atoms with Crippen LogP contribution in [-0.2, 0) is 9.59 Å². The normalized spacial score (nSPS) is 16.2. The third kappa shape index (κ3) is 4.22. The van der Waals surface area contributed by atoms with E-state index in [1.54, 1.807) is 19.2 Å². The number of halogens is 1. The lowest BCUT2D eigenvalue weighted by molar-refractivity contribution is -0.139. The summed E-state index contributed by atoms with van der Waals surface area (Å²) in [4.78, 5) is 25.7. The molecule has 0 bridgehead atoms. The Labute approximate surface area is 158 Å². The fourth-order valence-electron chi connectivity index (χ4n) is 2.99. The summed E-state index contributed by atoms with van der Waals surface area (Å²) in [5.74, 6) is -0.754. The molecule has 3 rings (SSSR count). The number of aryl methyl sites for hydroxylation is 1. The van der Waals surface area contributed by atoms with Crippen molar-refractivity contribution in [2.45, 2.75) is 26.3 Å². The summed E-state index contributed by atoms with van der Waals surface area (Å²) in [5, 5.41) is 5.97. The molecule has 27 heavy (non-hydrogen) atoms. The van der Waals surface area contributed by atoms with Gasteiger partial charge in [0.2, 0.25) is 5.91 Å². The van der Waals surface area contributed by atoms with Crippen LogP contribution in [0.2, 0.25) is 0 Å². The number of hydrogen-bond donors (Lipinski definition) is 0. The molecule has 140 valence electrons. The Kier molecular flexibility index (Phi) is 5.35. The van der Waals surface area contributed by atoms with Crippen LogP contribution >= 0.6 is 0 Å². The van der Waals surface area contributed by atoms with Gasteiger partial charge in [-0.25, -0.2) is 9.40 Å². The Morgan fingerprint density at radius 1 is 1.15 bits per heavy atom.